The molecule has 0 spiro atoms. The lowest BCUT2D eigenvalue weighted by molar-refractivity contribution is -0.124. The number of pyridine rings is 1. The van der Waals surface area contributed by atoms with Gasteiger partial charge in [-0.3, -0.25) is 14.6 Å². The fourth-order valence-electron chi connectivity index (χ4n) is 1.66. The topological polar surface area (TPSA) is 83.5 Å². The predicted molar refractivity (Wildman–Crippen MR) is 84.3 cm³/mol. The molecule has 0 aliphatic heterocycles. The normalized spacial score (nSPS) is 10.4. The van der Waals surface area contributed by atoms with Crippen LogP contribution in [0.4, 0.5) is 5.69 Å². The summed E-state index contributed by atoms with van der Waals surface area (Å²) in [6.07, 6.45) is 4.97. The first-order chi connectivity index (χ1) is 10.7. The molecule has 0 fully saturated rings. The molecule has 2 N–H and O–H groups in total. The lowest BCUT2D eigenvalue weighted by Crippen LogP contribution is -2.20. The van der Waals surface area contributed by atoms with Crippen molar-refractivity contribution in [1.29, 1.82) is 0 Å². The Bertz CT molecular complexity index is 642. The summed E-state index contributed by atoms with van der Waals surface area (Å²) in [5.74, 6) is -0.520. The first-order valence-electron chi connectivity index (χ1n) is 6.81. The minimum Gasteiger partial charge on any atom is -0.326 e. The summed E-state index contributed by atoms with van der Waals surface area (Å²) in [5, 5.41) is 6.53. The van der Waals surface area contributed by atoms with E-state index < -0.39 is 0 Å². The van der Waals surface area contributed by atoms with Crippen LogP contribution in [0.1, 0.15) is 18.4 Å². The molecule has 1 heterocycles. The van der Waals surface area contributed by atoms with Crippen LogP contribution in [0.25, 0.3) is 0 Å². The third-order valence-corrected chi connectivity index (χ3v) is 2.75. The highest BCUT2D eigenvalue weighted by molar-refractivity contribution is 5.93. The Labute approximate surface area is 128 Å². The minimum atomic E-state index is -0.312. The zero-order chi connectivity index (χ0) is 15.6. The smallest absolute Gasteiger partial charge is 0.240 e. The van der Waals surface area contributed by atoms with E-state index in [9.17, 15) is 9.59 Å². The van der Waals surface area contributed by atoms with Gasteiger partial charge in [0, 0.05) is 30.9 Å². The molecule has 1 aromatic carbocycles. The van der Waals surface area contributed by atoms with Crippen LogP contribution in [0, 0.1) is 0 Å². The summed E-state index contributed by atoms with van der Waals surface area (Å²) in [6.45, 7) is 0. The van der Waals surface area contributed by atoms with Crippen molar-refractivity contribution in [3.8, 4) is 0 Å². The Morgan fingerprint density at radius 1 is 1.00 bits per heavy atom. The van der Waals surface area contributed by atoms with E-state index in [-0.39, 0.29) is 24.7 Å². The summed E-state index contributed by atoms with van der Waals surface area (Å²) in [5.41, 5.74) is 3.92. The van der Waals surface area contributed by atoms with Gasteiger partial charge in [0.1, 0.15) is 0 Å². The van der Waals surface area contributed by atoms with Gasteiger partial charge in [-0.05, 0) is 29.8 Å². The average Bonchev–Trinajstić information content (AvgIpc) is 2.55. The summed E-state index contributed by atoms with van der Waals surface area (Å²) >= 11 is 0. The third-order valence-electron chi connectivity index (χ3n) is 2.75. The van der Waals surface area contributed by atoms with Gasteiger partial charge in [-0.25, -0.2) is 5.43 Å². The zero-order valence-electron chi connectivity index (χ0n) is 11.9. The Morgan fingerprint density at radius 2 is 1.68 bits per heavy atom. The number of carbonyl (C=O) groups excluding carboxylic acids is 2. The van der Waals surface area contributed by atoms with Crippen LogP contribution in [0.3, 0.4) is 0 Å². The van der Waals surface area contributed by atoms with Crippen molar-refractivity contribution in [3.05, 3.63) is 60.4 Å². The Kier molecular flexibility index (Phi) is 5.80. The number of nitrogens with one attached hydrogen (secondary N) is 2. The molecular formula is C16H16N4O2. The van der Waals surface area contributed by atoms with Crippen LogP contribution >= 0.6 is 0 Å². The Balaban J connectivity index is 1.69. The molecule has 0 unspecified atom stereocenters. The number of hydrogen-bond acceptors (Lipinski definition) is 4. The van der Waals surface area contributed by atoms with Crippen molar-refractivity contribution in [2.24, 2.45) is 5.10 Å². The second-order valence-corrected chi connectivity index (χ2v) is 4.49. The zero-order valence-corrected chi connectivity index (χ0v) is 11.9. The maximum atomic E-state index is 11.7. The minimum absolute atomic E-state index is 0.0757. The van der Waals surface area contributed by atoms with Crippen LogP contribution < -0.4 is 10.7 Å². The van der Waals surface area contributed by atoms with E-state index in [2.05, 4.69) is 20.8 Å². The van der Waals surface area contributed by atoms with Gasteiger partial charge in [0.05, 0.1) is 6.21 Å². The molecule has 2 aromatic rings. The molecular weight excluding hydrogens is 280 g/mol. The number of para-hydroxylation sites is 1. The van der Waals surface area contributed by atoms with Gasteiger partial charge >= 0.3 is 0 Å². The van der Waals surface area contributed by atoms with Gasteiger partial charge in [-0.15, -0.1) is 0 Å². The summed E-state index contributed by atoms with van der Waals surface area (Å²) in [4.78, 5) is 27.1. The highest BCUT2D eigenvalue weighted by Crippen LogP contribution is 2.05. The number of amides is 2. The van der Waals surface area contributed by atoms with Gasteiger partial charge in [-0.2, -0.15) is 5.10 Å². The number of aromatic nitrogens is 1. The fraction of sp³-hybridized carbons (Fsp3) is 0.125. The van der Waals surface area contributed by atoms with Gasteiger partial charge in [0.25, 0.3) is 0 Å². The number of hydrogen-bond donors (Lipinski definition) is 2. The molecule has 1 aromatic heterocycles. The number of nitrogens with zero attached hydrogens (tertiary/aromatic N) is 2. The van der Waals surface area contributed by atoms with Crippen molar-refractivity contribution >= 4 is 23.7 Å². The maximum Gasteiger partial charge on any atom is 0.240 e. The molecule has 2 rings (SSSR count). The van der Waals surface area contributed by atoms with Gasteiger partial charge in [0.2, 0.25) is 11.8 Å². The van der Waals surface area contributed by atoms with Crippen LogP contribution in [0.5, 0.6) is 0 Å². The summed E-state index contributed by atoms with van der Waals surface area (Å²) in [7, 11) is 0. The lowest BCUT2D eigenvalue weighted by atomic mass is 10.2. The van der Waals surface area contributed by atoms with Crippen molar-refractivity contribution in [2.75, 3.05) is 5.32 Å². The van der Waals surface area contributed by atoms with Crippen LogP contribution in [-0.4, -0.2) is 23.0 Å². The maximum absolute atomic E-state index is 11.7. The summed E-state index contributed by atoms with van der Waals surface area (Å²) in [6, 6.07) is 12.6. The molecule has 0 radical (unpaired) electrons. The molecule has 0 bridgehead atoms. The number of anilines is 1. The SMILES string of the molecule is O=C(CCC(=O)Nc1ccccc1)N/N=C\c1ccncc1. The quantitative estimate of drug-likeness (QED) is 0.631. The molecule has 0 saturated carbocycles. The van der Waals surface area contributed by atoms with Gasteiger partial charge in [0.15, 0.2) is 0 Å². The molecule has 0 aliphatic carbocycles. The molecule has 0 saturated heterocycles. The molecule has 6 nitrogen and oxygen atoms in total. The molecule has 2 amide bonds. The van der Waals surface area contributed by atoms with E-state index in [1.165, 1.54) is 6.21 Å². The van der Waals surface area contributed by atoms with Crippen LogP contribution in [-0.2, 0) is 9.59 Å². The molecule has 0 atom stereocenters. The first-order valence-corrected chi connectivity index (χ1v) is 6.81. The number of hydrazone groups is 1. The van der Waals surface area contributed by atoms with Gasteiger partial charge in [-0.1, -0.05) is 18.2 Å². The second kappa shape index (κ2) is 8.31. The average molecular weight is 296 g/mol. The van der Waals surface area contributed by atoms with Crippen molar-refractivity contribution in [2.45, 2.75) is 12.8 Å². The third kappa shape index (κ3) is 5.54. The largest absolute Gasteiger partial charge is 0.326 e. The Hall–Kier alpha value is -3.02. The van der Waals surface area contributed by atoms with Crippen molar-refractivity contribution < 1.29 is 9.59 Å². The molecule has 0 aliphatic rings. The Morgan fingerprint density at radius 3 is 2.41 bits per heavy atom. The molecule has 112 valence electrons. The van der Waals surface area contributed by atoms with Crippen molar-refractivity contribution in [3.63, 3.8) is 0 Å². The summed E-state index contributed by atoms with van der Waals surface area (Å²) < 4.78 is 0. The number of rotatable bonds is 6. The van der Waals surface area contributed by atoms with Crippen molar-refractivity contribution in [1.82, 2.24) is 10.4 Å². The lowest BCUT2D eigenvalue weighted by Gasteiger charge is -2.04. The second-order valence-electron chi connectivity index (χ2n) is 4.49. The predicted octanol–water partition coefficient (Wildman–Crippen LogP) is 1.95. The molecule has 6 heteroatoms. The van der Waals surface area contributed by atoms with Crippen LogP contribution in [0.2, 0.25) is 0 Å². The van der Waals surface area contributed by atoms with E-state index in [4.69, 9.17) is 0 Å². The highest BCUT2D eigenvalue weighted by atomic mass is 16.2. The van der Waals surface area contributed by atoms with Gasteiger partial charge < -0.3 is 5.32 Å². The van der Waals surface area contributed by atoms with E-state index in [0.29, 0.717) is 5.69 Å². The number of benzene rings is 1. The van der Waals surface area contributed by atoms with E-state index in [1.807, 2.05) is 18.2 Å². The monoisotopic (exact) mass is 296 g/mol. The molecule has 22 heavy (non-hydrogen) atoms. The first kappa shape index (κ1) is 15.4. The van der Waals surface area contributed by atoms with E-state index in [0.717, 1.165) is 5.56 Å². The highest BCUT2D eigenvalue weighted by Gasteiger charge is 2.06. The van der Waals surface area contributed by atoms with Crippen LogP contribution in [0.15, 0.2) is 60.0 Å². The van der Waals surface area contributed by atoms with E-state index in [1.54, 1.807) is 36.7 Å². The fourth-order valence-corrected chi connectivity index (χ4v) is 1.66. The standard InChI is InChI=1S/C16H16N4O2/c21-15(19-14-4-2-1-3-5-14)6-7-16(22)20-18-12-13-8-10-17-11-9-13/h1-5,8-12H,6-7H2,(H,19,21)(H,20,22)/b18-12-. The number of carbonyl (C=O) groups is 2. The van der Waals surface area contributed by atoms with E-state index >= 15 is 0 Å².